The molecule has 4 rings (SSSR count). The number of fused-ring (bicyclic) bond motifs is 1. The third-order valence-electron chi connectivity index (χ3n) is 4.23. The Morgan fingerprint density at radius 3 is 2.52 bits per heavy atom. The van der Waals surface area contributed by atoms with Crippen molar-refractivity contribution in [3.05, 3.63) is 82.8 Å². The van der Waals surface area contributed by atoms with E-state index in [0.717, 1.165) is 32.3 Å². The topological polar surface area (TPSA) is 54.9 Å². The van der Waals surface area contributed by atoms with Crippen molar-refractivity contribution in [2.45, 2.75) is 6.92 Å². The first kappa shape index (κ1) is 17.4. The molecule has 3 aromatic carbocycles. The minimum Gasteiger partial charge on any atom is -0.324 e. The fraction of sp³-hybridized carbons (Fsp3) is 0.0455. The highest BCUT2D eigenvalue weighted by Crippen LogP contribution is 2.30. The zero-order valence-electron chi connectivity index (χ0n) is 14.6. The van der Waals surface area contributed by atoms with Crippen molar-refractivity contribution >= 4 is 44.3 Å². The maximum atomic E-state index is 11.6. The van der Waals surface area contributed by atoms with E-state index in [1.54, 1.807) is 19.1 Å². The number of nitrogens with one attached hydrogen (secondary N) is 1. The maximum Gasteiger partial charge on any atom is 0.228 e. The van der Waals surface area contributed by atoms with Gasteiger partial charge in [0.15, 0.2) is 5.78 Å². The van der Waals surface area contributed by atoms with Crippen LogP contribution < -0.4 is 5.32 Å². The summed E-state index contributed by atoms with van der Waals surface area (Å²) in [6, 6.07) is 23.3. The Morgan fingerprint density at radius 2 is 1.74 bits per heavy atom. The smallest absolute Gasteiger partial charge is 0.228 e. The fourth-order valence-electron chi connectivity index (χ4n) is 2.92. The second kappa shape index (κ2) is 7.29. The lowest BCUT2D eigenvalue weighted by molar-refractivity contribution is 0.101. The lowest BCUT2D eigenvalue weighted by Crippen LogP contribution is -2.01. The molecule has 1 N–H and O–H groups in total. The maximum absolute atomic E-state index is 11.6. The average molecular weight is 418 g/mol. The number of halogens is 1. The molecule has 4 nitrogen and oxygen atoms in total. The van der Waals surface area contributed by atoms with Crippen molar-refractivity contribution in [3.8, 4) is 11.3 Å². The molecule has 0 saturated carbocycles. The van der Waals surface area contributed by atoms with Crippen molar-refractivity contribution < 1.29 is 4.79 Å². The van der Waals surface area contributed by atoms with Gasteiger partial charge < -0.3 is 5.32 Å². The van der Waals surface area contributed by atoms with E-state index in [2.05, 4.69) is 26.2 Å². The Labute approximate surface area is 165 Å². The van der Waals surface area contributed by atoms with E-state index in [-0.39, 0.29) is 5.78 Å². The SMILES string of the molecule is CC(=O)c1cccc(Nc2nc(-c3ccccc3)c3cc(Br)ccc3n2)c1. The second-order valence-corrected chi connectivity index (χ2v) is 7.10. The van der Waals surface area contributed by atoms with Gasteiger partial charge in [0.1, 0.15) is 0 Å². The van der Waals surface area contributed by atoms with Crippen LogP contribution in [0, 0.1) is 0 Å². The highest BCUT2D eigenvalue weighted by Gasteiger charge is 2.11. The van der Waals surface area contributed by atoms with E-state index >= 15 is 0 Å². The predicted molar refractivity (Wildman–Crippen MR) is 112 cm³/mol. The van der Waals surface area contributed by atoms with E-state index in [0.29, 0.717) is 11.5 Å². The predicted octanol–water partition coefficient (Wildman–Crippen LogP) is 6.01. The van der Waals surface area contributed by atoms with E-state index < -0.39 is 0 Å². The normalized spacial score (nSPS) is 10.7. The standard InChI is InChI=1S/C22H16BrN3O/c1-14(27)16-8-5-9-18(12-16)24-22-25-20-11-10-17(23)13-19(20)21(26-22)15-6-3-2-4-7-15/h2-13H,1H3,(H,24,25,26). The molecule has 0 aliphatic rings. The van der Waals surface area contributed by atoms with Crippen molar-refractivity contribution in [2.24, 2.45) is 0 Å². The van der Waals surface area contributed by atoms with Gasteiger partial charge in [-0.15, -0.1) is 0 Å². The number of Topliss-reactive ketones (excluding diaryl/α,β-unsaturated/α-hetero) is 1. The lowest BCUT2D eigenvalue weighted by atomic mass is 10.1. The summed E-state index contributed by atoms with van der Waals surface area (Å²) in [5, 5.41) is 4.20. The van der Waals surface area contributed by atoms with Crippen LogP contribution in [0.3, 0.4) is 0 Å². The third-order valence-corrected chi connectivity index (χ3v) is 4.72. The van der Waals surface area contributed by atoms with Gasteiger partial charge in [-0.1, -0.05) is 58.4 Å². The van der Waals surface area contributed by atoms with E-state index in [1.807, 2.05) is 60.7 Å². The summed E-state index contributed by atoms with van der Waals surface area (Å²) < 4.78 is 0.977. The minimum atomic E-state index is 0.0212. The van der Waals surface area contributed by atoms with Crippen molar-refractivity contribution in [3.63, 3.8) is 0 Å². The summed E-state index contributed by atoms with van der Waals surface area (Å²) in [6.45, 7) is 1.55. The van der Waals surface area contributed by atoms with E-state index in [4.69, 9.17) is 4.98 Å². The first-order valence-corrected chi connectivity index (χ1v) is 9.30. The molecule has 0 aliphatic heterocycles. The number of nitrogens with zero attached hydrogens (tertiary/aromatic N) is 2. The Bertz CT molecular complexity index is 1140. The van der Waals surface area contributed by atoms with E-state index in [1.165, 1.54) is 0 Å². The van der Waals surface area contributed by atoms with Crippen molar-refractivity contribution in [1.29, 1.82) is 0 Å². The number of ketones is 1. The fourth-order valence-corrected chi connectivity index (χ4v) is 3.28. The molecule has 5 heteroatoms. The van der Waals surface area contributed by atoms with Gasteiger partial charge in [-0.3, -0.25) is 4.79 Å². The first-order valence-electron chi connectivity index (χ1n) is 8.51. The van der Waals surface area contributed by atoms with Gasteiger partial charge >= 0.3 is 0 Å². The van der Waals surface area contributed by atoms with Crippen LogP contribution in [-0.2, 0) is 0 Å². The van der Waals surface area contributed by atoms with Crippen LogP contribution in [0.5, 0.6) is 0 Å². The van der Waals surface area contributed by atoms with Gasteiger partial charge in [0.2, 0.25) is 5.95 Å². The van der Waals surface area contributed by atoms with Crippen LogP contribution in [-0.4, -0.2) is 15.8 Å². The Hall–Kier alpha value is -3.05. The summed E-state index contributed by atoms with van der Waals surface area (Å²) in [7, 11) is 0. The van der Waals surface area contributed by atoms with Gasteiger partial charge in [0.25, 0.3) is 0 Å². The number of aromatic nitrogens is 2. The molecular formula is C22H16BrN3O. The van der Waals surface area contributed by atoms with Crippen LogP contribution in [0.25, 0.3) is 22.2 Å². The molecule has 0 unspecified atom stereocenters. The van der Waals surface area contributed by atoms with Crippen LogP contribution >= 0.6 is 15.9 Å². The van der Waals surface area contributed by atoms with Crippen LogP contribution in [0.2, 0.25) is 0 Å². The van der Waals surface area contributed by atoms with Crippen LogP contribution in [0.1, 0.15) is 17.3 Å². The molecule has 1 heterocycles. The molecule has 0 fully saturated rings. The molecule has 27 heavy (non-hydrogen) atoms. The number of carbonyl (C=O) groups excluding carboxylic acids is 1. The van der Waals surface area contributed by atoms with Crippen LogP contribution in [0.15, 0.2) is 77.3 Å². The molecular weight excluding hydrogens is 402 g/mol. The van der Waals surface area contributed by atoms with E-state index in [9.17, 15) is 4.79 Å². The summed E-state index contributed by atoms with van der Waals surface area (Å²) in [4.78, 5) is 21.0. The number of anilines is 2. The molecule has 0 atom stereocenters. The Morgan fingerprint density at radius 1 is 0.926 bits per heavy atom. The number of benzene rings is 3. The zero-order valence-corrected chi connectivity index (χ0v) is 16.2. The lowest BCUT2D eigenvalue weighted by Gasteiger charge is -2.11. The zero-order chi connectivity index (χ0) is 18.8. The quantitative estimate of drug-likeness (QED) is 0.413. The molecule has 0 radical (unpaired) electrons. The van der Waals surface area contributed by atoms with Crippen molar-refractivity contribution in [1.82, 2.24) is 9.97 Å². The molecule has 0 saturated heterocycles. The highest BCUT2D eigenvalue weighted by molar-refractivity contribution is 9.10. The largest absolute Gasteiger partial charge is 0.324 e. The summed E-state index contributed by atoms with van der Waals surface area (Å²) in [6.07, 6.45) is 0. The Kier molecular flexibility index (Phi) is 4.69. The van der Waals surface area contributed by atoms with Gasteiger partial charge in [0.05, 0.1) is 11.2 Å². The molecule has 1 aromatic heterocycles. The molecule has 0 bridgehead atoms. The van der Waals surface area contributed by atoms with Gasteiger partial charge in [-0.25, -0.2) is 9.97 Å². The number of hydrogen-bond donors (Lipinski definition) is 1. The minimum absolute atomic E-state index is 0.0212. The number of rotatable bonds is 4. The summed E-state index contributed by atoms with van der Waals surface area (Å²) in [5.41, 5.74) is 4.14. The average Bonchev–Trinajstić information content (AvgIpc) is 2.68. The second-order valence-electron chi connectivity index (χ2n) is 6.19. The molecule has 0 amide bonds. The third kappa shape index (κ3) is 3.73. The monoisotopic (exact) mass is 417 g/mol. The highest BCUT2D eigenvalue weighted by atomic mass is 79.9. The Balaban J connectivity index is 1.84. The first-order chi connectivity index (χ1) is 13.1. The molecule has 0 aliphatic carbocycles. The van der Waals surface area contributed by atoms with Crippen molar-refractivity contribution in [2.75, 3.05) is 5.32 Å². The van der Waals surface area contributed by atoms with Crippen LogP contribution in [0.4, 0.5) is 11.6 Å². The summed E-state index contributed by atoms with van der Waals surface area (Å²) in [5.74, 6) is 0.511. The van der Waals surface area contributed by atoms with Gasteiger partial charge in [-0.05, 0) is 37.3 Å². The van der Waals surface area contributed by atoms with Gasteiger partial charge in [-0.2, -0.15) is 0 Å². The number of hydrogen-bond acceptors (Lipinski definition) is 4. The molecule has 4 aromatic rings. The number of carbonyl (C=O) groups is 1. The molecule has 0 spiro atoms. The summed E-state index contributed by atoms with van der Waals surface area (Å²) >= 11 is 3.53. The van der Waals surface area contributed by atoms with Gasteiger partial charge in [0, 0.05) is 26.7 Å². The molecule has 132 valence electrons.